The van der Waals surface area contributed by atoms with Crippen LogP contribution in [-0.4, -0.2) is 23.9 Å². The van der Waals surface area contributed by atoms with Gasteiger partial charge in [-0.2, -0.15) is 0 Å². The van der Waals surface area contributed by atoms with Crippen LogP contribution in [0, 0.1) is 0 Å². The summed E-state index contributed by atoms with van der Waals surface area (Å²) in [5.74, 6) is -2.11. The van der Waals surface area contributed by atoms with Crippen LogP contribution in [0.2, 0.25) is 0 Å². The van der Waals surface area contributed by atoms with E-state index >= 15 is 0 Å². The molecule has 190 valence electrons. The molecule has 8 heteroatoms. The van der Waals surface area contributed by atoms with Crippen molar-refractivity contribution in [1.82, 2.24) is 0 Å². The summed E-state index contributed by atoms with van der Waals surface area (Å²) < 4.78 is 20.9. The maximum atomic E-state index is 11.9. The topological polar surface area (TPSA) is 105 Å². The second kappa shape index (κ2) is 12.5. The molecule has 0 N–H and O–H groups in total. The van der Waals surface area contributed by atoms with Crippen LogP contribution in [0.5, 0.6) is 23.0 Å². The Kier molecular flexibility index (Phi) is 8.88. The standard InChI is InChI=1S/C30H22O8/c1-5-27(31)35-22-13-14-25(26(18-22)38-30(34)8-4)20-11-9-19(10-12-20)21-15-23(36-28(32)6-2)17-24(16-21)37-29(33)7-3/h5-18H,1-4H2. The van der Waals surface area contributed by atoms with Gasteiger partial charge >= 0.3 is 23.9 Å². The molecule has 0 saturated carbocycles. The molecule has 0 saturated heterocycles. The zero-order valence-electron chi connectivity index (χ0n) is 20.2. The molecule has 0 aliphatic heterocycles. The van der Waals surface area contributed by atoms with E-state index in [0.717, 1.165) is 24.3 Å². The fraction of sp³-hybridized carbons (Fsp3) is 0. The number of carbonyl (C=O) groups is 4. The normalized spacial score (nSPS) is 9.89. The molecule has 0 fully saturated rings. The summed E-state index contributed by atoms with van der Waals surface area (Å²) in [7, 11) is 0. The van der Waals surface area contributed by atoms with Crippen molar-refractivity contribution in [3.63, 3.8) is 0 Å². The monoisotopic (exact) mass is 510 g/mol. The molecule has 0 atom stereocenters. The van der Waals surface area contributed by atoms with Crippen molar-refractivity contribution in [2.24, 2.45) is 0 Å². The number of ether oxygens (including phenoxy) is 4. The Labute approximate surface area is 218 Å². The van der Waals surface area contributed by atoms with Gasteiger partial charge in [0, 0.05) is 42.0 Å². The van der Waals surface area contributed by atoms with Crippen LogP contribution in [0.15, 0.2) is 111 Å². The quantitative estimate of drug-likeness (QED) is 0.203. The highest BCUT2D eigenvalue weighted by molar-refractivity contribution is 5.88. The lowest BCUT2D eigenvalue weighted by Gasteiger charge is -2.13. The van der Waals surface area contributed by atoms with Crippen LogP contribution in [0.4, 0.5) is 0 Å². The van der Waals surface area contributed by atoms with Crippen molar-refractivity contribution in [2.45, 2.75) is 0 Å². The summed E-state index contributed by atoms with van der Waals surface area (Å²) in [4.78, 5) is 46.9. The molecule has 38 heavy (non-hydrogen) atoms. The number of benzene rings is 3. The second-order valence-corrected chi connectivity index (χ2v) is 7.43. The molecule has 0 spiro atoms. The second-order valence-electron chi connectivity index (χ2n) is 7.43. The first-order chi connectivity index (χ1) is 18.3. The first-order valence-corrected chi connectivity index (χ1v) is 11.0. The summed E-state index contributed by atoms with van der Waals surface area (Å²) >= 11 is 0. The molecule has 0 heterocycles. The predicted molar refractivity (Wildman–Crippen MR) is 141 cm³/mol. The highest BCUT2D eigenvalue weighted by Crippen LogP contribution is 2.36. The Morgan fingerprint density at radius 2 is 0.921 bits per heavy atom. The van der Waals surface area contributed by atoms with Crippen molar-refractivity contribution < 1.29 is 38.1 Å². The van der Waals surface area contributed by atoms with Crippen molar-refractivity contribution in [3.05, 3.63) is 111 Å². The molecule has 3 aromatic rings. The largest absolute Gasteiger partial charge is 0.423 e. The van der Waals surface area contributed by atoms with Gasteiger partial charge in [0.1, 0.15) is 23.0 Å². The van der Waals surface area contributed by atoms with Gasteiger partial charge in [-0.1, -0.05) is 50.6 Å². The molecule has 0 bridgehead atoms. The smallest absolute Gasteiger partial charge is 0.335 e. The van der Waals surface area contributed by atoms with E-state index < -0.39 is 23.9 Å². The number of rotatable bonds is 10. The first-order valence-electron chi connectivity index (χ1n) is 11.0. The van der Waals surface area contributed by atoms with E-state index in [1.54, 1.807) is 48.5 Å². The summed E-state index contributed by atoms with van der Waals surface area (Å²) in [6.45, 7) is 13.5. The molecular weight excluding hydrogens is 488 g/mol. The van der Waals surface area contributed by atoms with Crippen LogP contribution < -0.4 is 18.9 Å². The van der Waals surface area contributed by atoms with Gasteiger partial charge in [0.25, 0.3) is 0 Å². The Hall–Kier alpha value is -5.50. The molecule has 8 nitrogen and oxygen atoms in total. The molecule has 0 unspecified atom stereocenters. The van der Waals surface area contributed by atoms with Crippen LogP contribution in [0.3, 0.4) is 0 Å². The van der Waals surface area contributed by atoms with Gasteiger partial charge < -0.3 is 18.9 Å². The number of esters is 4. The lowest BCUT2D eigenvalue weighted by atomic mass is 9.99. The molecule has 0 aliphatic carbocycles. The number of hydrogen-bond acceptors (Lipinski definition) is 8. The Balaban J connectivity index is 2.00. The lowest BCUT2D eigenvalue weighted by molar-refractivity contribution is -0.130. The predicted octanol–water partition coefficient (Wildman–Crippen LogP) is 5.39. The first kappa shape index (κ1) is 27.1. The molecular formula is C30H22O8. The fourth-order valence-electron chi connectivity index (χ4n) is 3.21. The van der Waals surface area contributed by atoms with Crippen molar-refractivity contribution in [1.29, 1.82) is 0 Å². The number of carbonyl (C=O) groups excluding carboxylic acids is 4. The zero-order chi connectivity index (χ0) is 27.7. The van der Waals surface area contributed by atoms with E-state index in [4.69, 9.17) is 18.9 Å². The minimum atomic E-state index is -0.692. The van der Waals surface area contributed by atoms with Gasteiger partial charge in [0.2, 0.25) is 0 Å². The van der Waals surface area contributed by atoms with Crippen LogP contribution in [0.1, 0.15) is 0 Å². The minimum Gasteiger partial charge on any atom is -0.423 e. The SMILES string of the molecule is C=CC(=O)Oc1cc(OC(=O)C=C)cc(-c2ccc(-c3ccc(OC(=O)C=C)cc3OC(=O)C=C)cc2)c1. The Morgan fingerprint density at radius 3 is 1.42 bits per heavy atom. The maximum absolute atomic E-state index is 11.9. The fourth-order valence-corrected chi connectivity index (χ4v) is 3.21. The van der Waals surface area contributed by atoms with E-state index in [1.165, 1.54) is 12.1 Å². The third-order valence-electron chi connectivity index (χ3n) is 4.89. The highest BCUT2D eigenvalue weighted by atomic mass is 16.6. The van der Waals surface area contributed by atoms with Gasteiger partial charge in [-0.3, -0.25) is 0 Å². The maximum Gasteiger partial charge on any atom is 0.335 e. The summed E-state index contributed by atoms with van der Waals surface area (Å²) in [5, 5.41) is 0. The molecule has 0 amide bonds. The molecule has 0 aliphatic rings. The van der Waals surface area contributed by atoms with E-state index in [-0.39, 0.29) is 23.0 Å². The minimum absolute atomic E-state index is 0.145. The van der Waals surface area contributed by atoms with Gasteiger partial charge in [0.15, 0.2) is 0 Å². The van der Waals surface area contributed by atoms with Crippen molar-refractivity contribution >= 4 is 23.9 Å². The number of hydrogen-bond donors (Lipinski definition) is 0. The Morgan fingerprint density at radius 1 is 0.474 bits per heavy atom. The van der Waals surface area contributed by atoms with E-state index in [9.17, 15) is 19.2 Å². The zero-order valence-corrected chi connectivity index (χ0v) is 20.2. The van der Waals surface area contributed by atoms with Gasteiger partial charge in [-0.05, 0) is 41.0 Å². The van der Waals surface area contributed by atoms with E-state index in [2.05, 4.69) is 26.3 Å². The van der Waals surface area contributed by atoms with Crippen LogP contribution in [-0.2, 0) is 19.2 Å². The van der Waals surface area contributed by atoms with Crippen LogP contribution in [0.25, 0.3) is 22.3 Å². The third-order valence-corrected chi connectivity index (χ3v) is 4.89. The molecule has 3 rings (SSSR count). The van der Waals surface area contributed by atoms with Crippen LogP contribution >= 0.6 is 0 Å². The average Bonchev–Trinajstić information content (AvgIpc) is 2.92. The third kappa shape index (κ3) is 7.02. The van der Waals surface area contributed by atoms with Gasteiger partial charge in [-0.25, -0.2) is 19.2 Å². The van der Waals surface area contributed by atoms with Gasteiger partial charge in [-0.15, -0.1) is 0 Å². The summed E-state index contributed by atoms with van der Waals surface area (Å²) in [6, 6.07) is 16.3. The molecule has 0 radical (unpaired) electrons. The summed E-state index contributed by atoms with van der Waals surface area (Å²) in [5.41, 5.74) is 2.50. The van der Waals surface area contributed by atoms with Gasteiger partial charge in [0.05, 0.1) is 0 Å². The van der Waals surface area contributed by atoms with Crippen molar-refractivity contribution in [3.8, 4) is 45.3 Å². The summed E-state index contributed by atoms with van der Waals surface area (Å²) in [6.07, 6.45) is 4.05. The van der Waals surface area contributed by atoms with E-state index in [0.29, 0.717) is 22.3 Å². The average molecular weight is 510 g/mol. The molecule has 3 aromatic carbocycles. The Bertz CT molecular complexity index is 1410. The molecule has 0 aromatic heterocycles. The van der Waals surface area contributed by atoms with E-state index in [1.807, 2.05) is 0 Å². The van der Waals surface area contributed by atoms with Crippen molar-refractivity contribution in [2.75, 3.05) is 0 Å². The lowest BCUT2D eigenvalue weighted by Crippen LogP contribution is -2.06. The highest BCUT2D eigenvalue weighted by Gasteiger charge is 2.14.